The van der Waals surface area contributed by atoms with Crippen LogP contribution in [0.25, 0.3) is 0 Å². The Morgan fingerprint density at radius 3 is 1.10 bits per heavy atom. The van der Waals surface area contributed by atoms with Crippen molar-refractivity contribution >= 4 is 41.1 Å². The van der Waals surface area contributed by atoms with E-state index in [4.69, 9.17) is 35.3 Å². The van der Waals surface area contributed by atoms with E-state index in [1.54, 1.807) is 154 Å². The Morgan fingerprint density at radius 1 is 0.421 bits per heavy atom. The van der Waals surface area contributed by atoms with Crippen LogP contribution in [-0.2, 0) is 33.0 Å². The second kappa shape index (κ2) is 41.3. The maximum atomic E-state index is 12.6. The number of rotatable bonds is 22. The van der Waals surface area contributed by atoms with Gasteiger partial charge in [0.25, 0.3) is 29.5 Å². The number of carbonyl (C=O) groups is 5. The molecule has 10 heterocycles. The molecule has 1 aliphatic carbocycles. The Balaban J connectivity index is 0.000000151. The number of phenolic OH excluding ortho intramolecular Hbond substituents is 3. The van der Waals surface area contributed by atoms with E-state index in [2.05, 4.69) is 40.2 Å². The molecule has 0 radical (unpaired) electrons. The van der Waals surface area contributed by atoms with Crippen LogP contribution in [0.4, 0.5) is 0 Å². The minimum Gasteiger partial charge on any atom is -0.508 e. The van der Waals surface area contributed by atoms with Crippen molar-refractivity contribution in [1.82, 2.24) is 59.8 Å². The fourth-order valence-corrected chi connectivity index (χ4v) is 12.7. The number of aryl methyl sites for hydroxylation is 1. The SMILES string of the molecule is Cc1c(Cl)cncc1OCc1cccnc1C(=O)N1CCCC1.Cc1c(O)cccc1OCc1cccnc1C(=O)N(C)C1CC1.Cc1c(O)cccc1OCc1cccnc1C(=O)N1CCCC1.Cc1c(O)cccc1OCc1cccnc1C(=O)NC(C)C.Cc1cncc(OCc2cccnc2C(=O)N2CCCC2)c1C. The zero-order valence-corrected chi connectivity index (χ0v) is 66.7. The molecule has 10 aromatic rings. The predicted molar refractivity (Wildman–Crippen MR) is 432 cm³/mol. The zero-order chi connectivity index (χ0) is 81.2. The van der Waals surface area contributed by atoms with Crippen molar-refractivity contribution in [3.05, 3.63) is 266 Å². The van der Waals surface area contributed by atoms with Crippen LogP contribution in [0, 0.1) is 41.5 Å². The van der Waals surface area contributed by atoms with Gasteiger partial charge in [0, 0.05) is 152 Å². The Kier molecular flexibility index (Phi) is 30.5. The van der Waals surface area contributed by atoms with E-state index in [0.717, 1.165) is 135 Å². The van der Waals surface area contributed by atoms with Crippen molar-refractivity contribution in [2.75, 3.05) is 46.3 Å². The van der Waals surface area contributed by atoms with Gasteiger partial charge in [-0.3, -0.25) is 58.9 Å². The molecule has 1 saturated carbocycles. The first-order chi connectivity index (χ1) is 55.1. The average molecular weight is 1570 g/mol. The van der Waals surface area contributed by atoms with Gasteiger partial charge >= 0.3 is 0 Å². The van der Waals surface area contributed by atoms with Gasteiger partial charge in [0.1, 0.15) is 108 Å². The summed E-state index contributed by atoms with van der Waals surface area (Å²) >= 11 is 6.05. The molecule has 0 bridgehead atoms. The fourth-order valence-electron chi connectivity index (χ4n) is 12.5. The van der Waals surface area contributed by atoms with Crippen molar-refractivity contribution in [1.29, 1.82) is 0 Å². The quantitative estimate of drug-likeness (QED) is 0.0490. The molecule has 4 fully saturated rings. The molecule has 114 heavy (non-hydrogen) atoms. The fraction of sp³-hybridized carbons (Fsp3) is 0.341. The number of halogens is 1. The number of phenols is 3. The van der Waals surface area contributed by atoms with Gasteiger partial charge < -0.3 is 63.9 Å². The lowest BCUT2D eigenvalue weighted by molar-refractivity contribution is 0.0770. The molecule has 0 spiro atoms. The number of carbonyl (C=O) groups excluding carboxylic acids is 5. The topological polar surface area (TPSA) is 307 Å². The van der Waals surface area contributed by atoms with Crippen molar-refractivity contribution < 1.29 is 63.0 Å². The lowest BCUT2D eigenvalue weighted by Crippen LogP contribution is -2.31. The lowest BCUT2D eigenvalue weighted by atomic mass is 10.1. The number of aromatic hydroxyl groups is 3. The summed E-state index contributed by atoms with van der Waals surface area (Å²) in [5.41, 5.74) is 11.0. The summed E-state index contributed by atoms with van der Waals surface area (Å²) in [7, 11) is 1.82. The summed E-state index contributed by atoms with van der Waals surface area (Å²) in [6.07, 6.45) is 23.3. The number of hydrogen-bond donors (Lipinski definition) is 4. The van der Waals surface area contributed by atoms with Crippen molar-refractivity contribution in [2.24, 2.45) is 0 Å². The molecule has 7 aromatic heterocycles. The van der Waals surface area contributed by atoms with Crippen molar-refractivity contribution in [2.45, 2.75) is 152 Å². The Hall–Kier alpha value is -12.3. The van der Waals surface area contributed by atoms with Gasteiger partial charge in [-0.2, -0.15) is 0 Å². The minimum absolute atomic E-state index is 0.000731. The molecule has 596 valence electrons. The number of nitrogens with zero attached hydrogens (tertiary/aromatic N) is 11. The first-order valence-corrected chi connectivity index (χ1v) is 38.6. The number of ether oxygens (including phenoxy) is 5. The van der Waals surface area contributed by atoms with Crippen LogP contribution < -0.4 is 29.0 Å². The molecular weight excluding hydrogens is 1470 g/mol. The van der Waals surface area contributed by atoms with Crippen LogP contribution in [0.3, 0.4) is 0 Å². The van der Waals surface area contributed by atoms with Crippen LogP contribution >= 0.6 is 11.6 Å². The highest BCUT2D eigenvalue weighted by Gasteiger charge is 2.32. The Labute approximate surface area is 670 Å². The monoisotopic (exact) mass is 1570 g/mol. The van der Waals surface area contributed by atoms with Crippen LogP contribution in [0.5, 0.6) is 46.0 Å². The second-order valence-corrected chi connectivity index (χ2v) is 28.7. The summed E-state index contributed by atoms with van der Waals surface area (Å²) < 4.78 is 29.0. The van der Waals surface area contributed by atoms with E-state index in [-0.39, 0.29) is 79.3 Å². The van der Waals surface area contributed by atoms with Gasteiger partial charge in [-0.25, -0.2) is 0 Å². The minimum atomic E-state index is -0.221. The van der Waals surface area contributed by atoms with E-state index < -0.39 is 0 Å². The molecule has 4 aliphatic rings. The van der Waals surface area contributed by atoms with Crippen LogP contribution in [0.1, 0.15) is 179 Å². The number of aromatic nitrogens is 7. The number of pyridine rings is 7. The molecule has 4 N–H and O–H groups in total. The zero-order valence-electron chi connectivity index (χ0n) is 66.0. The molecule has 3 aliphatic heterocycles. The summed E-state index contributed by atoms with van der Waals surface area (Å²) in [5, 5.41) is 32.5. The smallest absolute Gasteiger partial charge is 0.272 e. The number of hydrogen-bond acceptors (Lipinski definition) is 20. The first-order valence-electron chi connectivity index (χ1n) is 38.2. The highest BCUT2D eigenvalue weighted by atomic mass is 35.5. The van der Waals surface area contributed by atoms with Gasteiger partial charge in [-0.1, -0.05) is 60.1 Å². The van der Waals surface area contributed by atoms with Crippen molar-refractivity contribution in [3.8, 4) is 46.0 Å². The number of nitrogens with one attached hydrogen (secondary N) is 1. The number of benzene rings is 3. The van der Waals surface area contributed by atoms with E-state index in [1.807, 2.05) is 99.0 Å². The molecule has 14 rings (SSSR count). The van der Waals surface area contributed by atoms with Crippen LogP contribution in [0.15, 0.2) is 171 Å². The highest BCUT2D eigenvalue weighted by molar-refractivity contribution is 6.31. The average Bonchev–Trinajstić information content (AvgIpc) is 1.47. The van der Waals surface area contributed by atoms with E-state index in [9.17, 15) is 39.3 Å². The normalized spacial score (nSPS) is 13.3. The van der Waals surface area contributed by atoms with E-state index in [0.29, 0.717) is 91.4 Å². The molecule has 5 amide bonds. The van der Waals surface area contributed by atoms with Crippen molar-refractivity contribution in [3.63, 3.8) is 0 Å². The third kappa shape index (κ3) is 23.0. The highest BCUT2D eigenvalue weighted by Crippen LogP contribution is 2.33. The van der Waals surface area contributed by atoms with E-state index >= 15 is 0 Å². The number of amides is 5. The molecule has 0 atom stereocenters. The molecule has 25 nitrogen and oxygen atoms in total. The summed E-state index contributed by atoms with van der Waals surface area (Å²) in [6, 6.07) is 34.0. The van der Waals surface area contributed by atoms with E-state index in [1.165, 1.54) is 0 Å². The summed E-state index contributed by atoms with van der Waals surface area (Å²) in [5.74, 6) is 3.37. The first kappa shape index (κ1) is 84.2. The molecular formula is C88H99ClN12O13. The third-order valence-electron chi connectivity index (χ3n) is 19.7. The van der Waals surface area contributed by atoms with Gasteiger partial charge in [0.05, 0.1) is 17.4 Å². The van der Waals surface area contributed by atoms with Gasteiger partial charge in [-0.15, -0.1) is 0 Å². The van der Waals surface area contributed by atoms with Crippen LogP contribution in [-0.4, -0.2) is 158 Å². The standard InChI is InChI=1S/C18H21N3O2.2C18H20N2O3.C17H18ClN3O2.C17H20N2O3/c1-13-10-19-11-16(14(13)2)23-12-15-6-5-7-20-17(15)18(22)21-8-3-4-9-21;1-12-15(21)6-3-7-16(12)23-11-13-5-4-10-19-17(13)18(22)20(2)14-8-9-14;1-13-15(21)7-4-8-16(13)23-12-14-6-5-9-19-17(14)18(22)20-10-2-3-11-20;1-12-14(18)9-19-10-15(12)23-11-13-5-4-6-20-16(13)17(22)21-7-2-3-8-21;1-11(2)19-17(21)16-13(6-5-9-18-16)10-22-15-8-4-7-14(20)12(15)3/h5-7,10-11H,3-4,8-9,12H2,1-2H3;3-7,10,14,21H,8-9,11H2,1-2H3;4-9,21H,2-3,10-12H2,1H3;4-6,9-10H,2-3,7-8,11H2,1H3;4-9,11,20H,10H2,1-3H3,(H,19,21). The maximum Gasteiger partial charge on any atom is 0.272 e. The maximum absolute atomic E-state index is 12.6. The third-order valence-corrected chi connectivity index (χ3v) is 20.1. The van der Waals surface area contributed by atoms with Gasteiger partial charge in [0.2, 0.25) is 0 Å². The largest absolute Gasteiger partial charge is 0.508 e. The molecule has 3 aromatic carbocycles. The summed E-state index contributed by atoms with van der Waals surface area (Å²) in [6.45, 7) is 21.1. The molecule has 0 unspecified atom stereocenters. The predicted octanol–water partition coefficient (Wildman–Crippen LogP) is 14.8. The molecule has 26 heteroatoms. The Morgan fingerprint density at radius 2 is 0.737 bits per heavy atom. The summed E-state index contributed by atoms with van der Waals surface area (Å²) in [4.78, 5) is 99.1. The Bertz CT molecular complexity index is 4480. The van der Waals surface area contributed by atoms with Crippen LogP contribution in [0.2, 0.25) is 5.02 Å². The molecule has 3 saturated heterocycles. The van der Waals surface area contributed by atoms with Gasteiger partial charge in [-0.05, 0) is 185 Å². The number of likely N-dealkylation sites (tertiary alicyclic amines) is 3. The second-order valence-electron chi connectivity index (χ2n) is 28.3. The lowest BCUT2D eigenvalue weighted by Gasteiger charge is -2.18. The van der Waals surface area contributed by atoms with Gasteiger partial charge in [0.15, 0.2) is 0 Å².